The Kier molecular flexibility index (Phi) is 6.04. The van der Waals surface area contributed by atoms with E-state index in [1.165, 1.54) is 120 Å². The van der Waals surface area contributed by atoms with Gasteiger partial charge in [-0.25, -0.2) is 0 Å². The lowest BCUT2D eigenvalue weighted by atomic mass is 9.71. The zero-order valence-corrected chi connectivity index (χ0v) is 29.9. The number of benzene rings is 7. The molecular weight excluding hydrogens is 639 g/mol. The van der Waals surface area contributed by atoms with Crippen molar-refractivity contribution in [2.45, 2.75) is 43.9 Å². The molecule has 0 heterocycles. The summed E-state index contributed by atoms with van der Waals surface area (Å²) >= 11 is 0. The summed E-state index contributed by atoms with van der Waals surface area (Å²) in [6.45, 7) is 2.25. The standard InChI is InChI=1S/C52H39N/c1-32-28-46-42-15-6-7-19-48(42)52-49-31-39(26-27-43(49)44-17-9-18-45(50(44)52)47(29-32)51(46)52)53(38-25-20-33-10-2-3-12-36(33)30-38)37-23-21-35(22-24-37)41-16-8-13-34-11-4-5-14-40(34)41/h2-3,6-10,12-13,15-31,40-41H,4-5,11,14H2,1H3. The van der Waals surface area contributed by atoms with Crippen molar-refractivity contribution >= 4 is 27.8 Å². The van der Waals surface area contributed by atoms with E-state index in [-0.39, 0.29) is 5.41 Å². The average Bonchev–Trinajstić information content (AvgIpc) is 3.79. The summed E-state index contributed by atoms with van der Waals surface area (Å²) in [6, 6.07) is 53.6. The Morgan fingerprint density at radius 2 is 1.23 bits per heavy atom. The van der Waals surface area contributed by atoms with Gasteiger partial charge in [0.05, 0.1) is 5.41 Å². The van der Waals surface area contributed by atoms with Crippen LogP contribution in [0.25, 0.3) is 44.2 Å². The van der Waals surface area contributed by atoms with Crippen LogP contribution in [0.1, 0.15) is 65.0 Å². The number of hydrogen-bond acceptors (Lipinski definition) is 1. The molecule has 5 aliphatic carbocycles. The Labute approximate surface area is 311 Å². The smallest absolute Gasteiger partial charge is 0.0738 e. The first-order chi connectivity index (χ1) is 26.2. The SMILES string of the molecule is Cc1cc2c3c(c1)-c1cccc4c1C3(c1ccccc1-2)c1cc(N(c2ccc(C3C=CC=C5CCCCC53)cc2)c2ccc3ccccc3c2)ccc1-4. The minimum absolute atomic E-state index is 0.316. The van der Waals surface area contributed by atoms with E-state index >= 15 is 0 Å². The summed E-state index contributed by atoms with van der Waals surface area (Å²) in [5.74, 6) is 1.09. The molecule has 3 unspecified atom stereocenters. The summed E-state index contributed by atoms with van der Waals surface area (Å²) < 4.78 is 0. The Bertz CT molecular complexity index is 2740. The van der Waals surface area contributed by atoms with E-state index in [1.54, 1.807) is 5.57 Å². The van der Waals surface area contributed by atoms with Crippen molar-refractivity contribution in [2.24, 2.45) is 5.92 Å². The van der Waals surface area contributed by atoms with Crippen LogP contribution < -0.4 is 4.90 Å². The molecule has 12 rings (SSSR count). The maximum Gasteiger partial charge on any atom is 0.0738 e. The third-order valence-electron chi connectivity index (χ3n) is 13.3. The predicted octanol–water partition coefficient (Wildman–Crippen LogP) is 13.7. The Morgan fingerprint density at radius 1 is 0.547 bits per heavy atom. The zero-order valence-electron chi connectivity index (χ0n) is 29.9. The lowest BCUT2D eigenvalue weighted by Crippen LogP contribution is -2.23. The number of hydrogen-bond donors (Lipinski definition) is 0. The third kappa shape index (κ3) is 3.92. The van der Waals surface area contributed by atoms with Crippen LogP contribution in [0.5, 0.6) is 0 Å². The summed E-state index contributed by atoms with van der Waals surface area (Å²) in [7, 11) is 0. The highest BCUT2D eigenvalue weighted by Crippen LogP contribution is 2.70. The molecule has 0 aliphatic heterocycles. The van der Waals surface area contributed by atoms with Gasteiger partial charge in [0, 0.05) is 23.0 Å². The highest BCUT2D eigenvalue weighted by molar-refractivity contribution is 6.07. The Hall–Kier alpha value is -5.92. The Balaban J connectivity index is 1.06. The maximum absolute atomic E-state index is 2.53. The van der Waals surface area contributed by atoms with Crippen LogP contribution in [0.2, 0.25) is 0 Å². The molecule has 0 N–H and O–H groups in total. The maximum atomic E-state index is 2.53. The third-order valence-corrected chi connectivity index (χ3v) is 13.3. The molecule has 7 aromatic rings. The van der Waals surface area contributed by atoms with Crippen LogP contribution in [0, 0.1) is 12.8 Å². The number of aryl methyl sites for hydroxylation is 1. The fourth-order valence-corrected chi connectivity index (χ4v) is 11.2. The topological polar surface area (TPSA) is 3.24 Å². The van der Waals surface area contributed by atoms with Crippen molar-refractivity contribution in [2.75, 3.05) is 4.90 Å². The molecule has 1 saturated carbocycles. The second kappa shape index (κ2) is 10.8. The van der Waals surface area contributed by atoms with Gasteiger partial charge in [0.1, 0.15) is 0 Å². The van der Waals surface area contributed by atoms with E-state index in [9.17, 15) is 0 Å². The van der Waals surface area contributed by atoms with Crippen LogP contribution in [0.15, 0.2) is 163 Å². The van der Waals surface area contributed by atoms with Crippen LogP contribution >= 0.6 is 0 Å². The molecule has 0 aromatic heterocycles. The molecule has 7 aromatic carbocycles. The van der Waals surface area contributed by atoms with Crippen molar-refractivity contribution in [1.82, 2.24) is 0 Å². The molecule has 252 valence electrons. The van der Waals surface area contributed by atoms with E-state index in [1.807, 2.05) is 0 Å². The fourth-order valence-electron chi connectivity index (χ4n) is 11.2. The van der Waals surface area contributed by atoms with Gasteiger partial charge in [-0.1, -0.05) is 133 Å². The van der Waals surface area contributed by atoms with E-state index in [0.717, 1.165) is 0 Å². The molecule has 5 aliphatic rings. The molecule has 1 fully saturated rings. The molecule has 1 heteroatoms. The Morgan fingerprint density at radius 3 is 2.11 bits per heavy atom. The summed E-state index contributed by atoms with van der Waals surface area (Å²) in [5, 5.41) is 2.51. The molecule has 0 saturated heterocycles. The van der Waals surface area contributed by atoms with Crippen molar-refractivity contribution in [3.8, 4) is 33.4 Å². The summed E-state index contributed by atoms with van der Waals surface area (Å²) in [4.78, 5) is 2.49. The molecule has 3 atom stereocenters. The van der Waals surface area contributed by atoms with Gasteiger partial charge < -0.3 is 4.90 Å². The summed E-state index contributed by atoms with van der Waals surface area (Å²) in [5.41, 5.74) is 21.7. The number of allylic oxidation sites excluding steroid dienone is 4. The predicted molar refractivity (Wildman–Crippen MR) is 221 cm³/mol. The van der Waals surface area contributed by atoms with Gasteiger partial charge in [0.2, 0.25) is 0 Å². The first kappa shape index (κ1) is 29.6. The minimum atomic E-state index is -0.316. The second-order valence-corrected chi connectivity index (χ2v) is 16.0. The van der Waals surface area contributed by atoms with Gasteiger partial charge in [0.15, 0.2) is 0 Å². The number of rotatable bonds is 4. The van der Waals surface area contributed by atoms with Gasteiger partial charge >= 0.3 is 0 Å². The zero-order chi connectivity index (χ0) is 34.8. The number of fused-ring (bicyclic) bond motifs is 7. The molecule has 0 amide bonds. The van der Waals surface area contributed by atoms with E-state index in [2.05, 4.69) is 170 Å². The van der Waals surface area contributed by atoms with Crippen LogP contribution in [-0.4, -0.2) is 0 Å². The molecule has 1 nitrogen and oxygen atoms in total. The van der Waals surface area contributed by atoms with Crippen LogP contribution in [0.3, 0.4) is 0 Å². The number of anilines is 3. The molecule has 1 spiro atoms. The number of nitrogens with zero attached hydrogens (tertiary/aromatic N) is 1. The van der Waals surface area contributed by atoms with Crippen LogP contribution in [0.4, 0.5) is 17.1 Å². The quantitative estimate of drug-likeness (QED) is 0.179. The first-order valence-electron chi connectivity index (χ1n) is 19.5. The van der Waals surface area contributed by atoms with Crippen molar-refractivity contribution in [3.63, 3.8) is 0 Å². The van der Waals surface area contributed by atoms with Crippen LogP contribution in [-0.2, 0) is 5.41 Å². The van der Waals surface area contributed by atoms with E-state index in [4.69, 9.17) is 0 Å². The van der Waals surface area contributed by atoms with Gasteiger partial charge in [-0.15, -0.1) is 0 Å². The normalized spacial score (nSPS) is 20.7. The van der Waals surface area contributed by atoms with Gasteiger partial charge in [-0.3, -0.25) is 0 Å². The van der Waals surface area contributed by atoms with Gasteiger partial charge in [-0.05, 0) is 146 Å². The van der Waals surface area contributed by atoms with Gasteiger partial charge in [-0.2, -0.15) is 0 Å². The molecule has 0 radical (unpaired) electrons. The highest BCUT2D eigenvalue weighted by atomic mass is 15.1. The minimum Gasteiger partial charge on any atom is -0.310 e. The monoisotopic (exact) mass is 677 g/mol. The van der Waals surface area contributed by atoms with Crippen molar-refractivity contribution in [1.29, 1.82) is 0 Å². The molecular formula is C52H39N. The van der Waals surface area contributed by atoms with Crippen molar-refractivity contribution in [3.05, 3.63) is 197 Å². The molecule has 0 bridgehead atoms. The highest BCUT2D eigenvalue weighted by Gasteiger charge is 2.57. The van der Waals surface area contributed by atoms with Gasteiger partial charge in [0.25, 0.3) is 0 Å². The van der Waals surface area contributed by atoms with E-state index < -0.39 is 0 Å². The average molecular weight is 678 g/mol. The first-order valence-corrected chi connectivity index (χ1v) is 19.5. The van der Waals surface area contributed by atoms with E-state index in [0.29, 0.717) is 11.8 Å². The summed E-state index contributed by atoms with van der Waals surface area (Å²) in [6.07, 6.45) is 12.3. The molecule has 53 heavy (non-hydrogen) atoms. The van der Waals surface area contributed by atoms with Crippen molar-refractivity contribution < 1.29 is 0 Å². The lowest BCUT2D eigenvalue weighted by molar-refractivity contribution is 0.417. The largest absolute Gasteiger partial charge is 0.310 e. The lowest BCUT2D eigenvalue weighted by Gasteiger charge is -2.34. The second-order valence-electron chi connectivity index (χ2n) is 16.0. The fraction of sp³-hybridized carbons (Fsp3) is 0.154.